The molecule has 0 spiro atoms. The van der Waals surface area contributed by atoms with Crippen LogP contribution in [0.15, 0.2) is 39.4 Å². The molecule has 7 heteroatoms. The number of hydrogen-bond acceptors (Lipinski definition) is 4. The highest BCUT2D eigenvalue weighted by molar-refractivity contribution is 9.10. The van der Waals surface area contributed by atoms with E-state index in [1.54, 1.807) is 12.1 Å². The number of carbonyl (C=O) groups excluding carboxylic acids is 3. The van der Waals surface area contributed by atoms with E-state index in [-0.39, 0.29) is 23.1 Å². The summed E-state index contributed by atoms with van der Waals surface area (Å²) in [6.45, 7) is 0. The Morgan fingerprint density at radius 1 is 1.14 bits per heavy atom. The molecular formula is C14H9BrN2O4. The standard InChI is InChI=1S/C14H9BrN2O4/c1-17-13(19)8-3-2-7(6-9(8)14(17)20)16-12(18)10-4-5-11(15)21-10/h2-6H,1H3,(H,16,18). The SMILES string of the molecule is CN1C(=O)c2ccc(NC(=O)c3ccc(Br)o3)cc2C1=O. The third-order valence-electron chi connectivity index (χ3n) is 3.14. The molecule has 2 heterocycles. The summed E-state index contributed by atoms with van der Waals surface area (Å²) in [4.78, 5) is 36.6. The predicted octanol–water partition coefficient (Wildman–Crippen LogP) is 2.52. The maximum Gasteiger partial charge on any atom is 0.291 e. The minimum absolute atomic E-state index is 0.141. The number of halogens is 1. The summed E-state index contributed by atoms with van der Waals surface area (Å²) in [6.07, 6.45) is 0. The van der Waals surface area contributed by atoms with Gasteiger partial charge in [0.1, 0.15) is 0 Å². The number of amides is 3. The van der Waals surface area contributed by atoms with Gasteiger partial charge in [-0.1, -0.05) is 0 Å². The van der Waals surface area contributed by atoms with Crippen molar-refractivity contribution in [3.05, 3.63) is 51.9 Å². The average molecular weight is 349 g/mol. The van der Waals surface area contributed by atoms with Gasteiger partial charge in [-0.2, -0.15) is 0 Å². The van der Waals surface area contributed by atoms with Crippen LogP contribution in [0.2, 0.25) is 0 Å². The zero-order valence-electron chi connectivity index (χ0n) is 10.8. The lowest BCUT2D eigenvalue weighted by Gasteiger charge is -2.04. The third-order valence-corrected chi connectivity index (χ3v) is 3.57. The number of rotatable bonds is 2. The molecule has 0 fully saturated rings. The van der Waals surface area contributed by atoms with Crippen LogP contribution in [0.4, 0.5) is 5.69 Å². The van der Waals surface area contributed by atoms with Crippen LogP contribution in [0, 0.1) is 0 Å². The van der Waals surface area contributed by atoms with Gasteiger partial charge in [-0.25, -0.2) is 0 Å². The van der Waals surface area contributed by atoms with Crippen molar-refractivity contribution >= 4 is 39.3 Å². The van der Waals surface area contributed by atoms with Crippen molar-refractivity contribution in [1.29, 1.82) is 0 Å². The summed E-state index contributed by atoms with van der Waals surface area (Å²) in [7, 11) is 1.42. The maximum atomic E-state index is 11.9. The number of hydrogen-bond donors (Lipinski definition) is 1. The molecule has 1 aromatic heterocycles. The van der Waals surface area contributed by atoms with Gasteiger partial charge in [-0.3, -0.25) is 19.3 Å². The zero-order valence-corrected chi connectivity index (χ0v) is 12.4. The predicted molar refractivity (Wildman–Crippen MR) is 77.2 cm³/mol. The van der Waals surface area contributed by atoms with E-state index in [2.05, 4.69) is 21.2 Å². The molecule has 106 valence electrons. The molecule has 0 atom stereocenters. The molecule has 1 N–H and O–H groups in total. The summed E-state index contributed by atoms with van der Waals surface area (Å²) in [6, 6.07) is 7.70. The molecule has 0 saturated carbocycles. The van der Waals surface area contributed by atoms with Crippen molar-refractivity contribution in [1.82, 2.24) is 4.90 Å². The van der Waals surface area contributed by atoms with Gasteiger partial charge in [0.2, 0.25) is 0 Å². The largest absolute Gasteiger partial charge is 0.444 e. The minimum atomic E-state index is -0.439. The summed E-state index contributed by atoms with van der Waals surface area (Å²) in [5.41, 5.74) is 1.03. The quantitative estimate of drug-likeness (QED) is 0.845. The summed E-state index contributed by atoms with van der Waals surface area (Å²) >= 11 is 3.11. The Balaban J connectivity index is 1.87. The first-order valence-electron chi connectivity index (χ1n) is 6.00. The van der Waals surface area contributed by atoms with E-state index in [0.29, 0.717) is 15.9 Å². The molecule has 0 radical (unpaired) electrons. The van der Waals surface area contributed by atoms with Crippen molar-refractivity contribution in [2.75, 3.05) is 12.4 Å². The highest BCUT2D eigenvalue weighted by Gasteiger charge is 2.32. The molecule has 0 aliphatic carbocycles. The monoisotopic (exact) mass is 348 g/mol. The molecule has 0 saturated heterocycles. The number of nitrogens with one attached hydrogen (secondary N) is 1. The minimum Gasteiger partial charge on any atom is -0.444 e. The lowest BCUT2D eigenvalue weighted by Crippen LogP contribution is -2.24. The average Bonchev–Trinajstić information content (AvgIpc) is 2.98. The molecule has 1 aliphatic heterocycles. The third kappa shape index (κ3) is 2.25. The van der Waals surface area contributed by atoms with Gasteiger partial charge >= 0.3 is 0 Å². The lowest BCUT2D eigenvalue weighted by atomic mass is 10.1. The lowest BCUT2D eigenvalue weighted by molar-refractivity contribution is 0.0692. The smallest absolute Gasteiger partial charge is 0.291 e. The van der Waals surface area contributed by atoms with E-state index in [4.69, 9.17) is 4.42 Å². The van der Waals surface area contributed by atoms with Gasteiger partial charge in [0.25, 0.3) is 17.7 Å². The van der Waals surface area contributed by atoms with Crippen molar-refractivity contribution in [2.45, 2.75) is 0 Å². The van der Waals surface area contributed by atoms with Crippen LogP contribution in [0.5, 0.6) is 0 Å². The molecule has 3 rings (SSSR count). The van der Waals surface area contributed by atoms with Crippen LogP contribution < -0.4 is 5.32 Å². The van der Waals surface area contributed by atoms with E-state index in [9.17, 15) is 14.4 Å². The fourth-order valence-corrected chi connectivity index (χ4v) is 2.37. The van der Waals surface area contributed by atoms with E-state index in [0.717, 1.165) is 4.90 Å². The zero-order chi connectivity index (χ0) is 15.1. The number of imide groups is 1. The van der Waals surface area contributed by atoms with Crippen LogP contribution in [0.1, 0.15) is 31.3 Å². The number of nitrogens with zero attached hydrogens (tertiary/aromatic N) is 1. The number of benzene rings is 1. The fraction of sp³-hybridized carbons (Fsp3) is 0.0714. The van der Waals surface area contributed by atoms with E-state index >= 15 is 0 Å². The molecular weight excluding hydrogens is 340 g/mol. The van der Waals surface area contributed by atoms with Gasteiger partial charge in [0.15, 0.2) is 10.4 Å². The van der Waals surface area contributed by atoms with Gasteiger partial charge in [0, 0.05) is 12.7 Å². The molecule has 21 heavy (non-hydrogen) atoms. The summed E-state index contributed by atoms with van der Waals surface area (Å²) < 4.78 is 5.59. The first-order valence-corrected chi connectivity index (χ1v) is 6.80. The van der Waals surface area contributed by atoms with E-state index in [1.165, 1.54) is 25.2 Å². The second kappa shape index (κ2) is 4.85. The molecule has 0 bridgehead atoms. The van der Waals surface area contributed by atoms with Crippen molar-refractivity contribution < 1.29 is 18.8 Å². The molecule has 6 nitrogen and oxygen atoms in total. The van der Waals surface area contributed by atoms with Crippen LogP contribution in [-0.4, -0.2) is 29.7 Å². The number of fused-ring (bicyclic) bond motifs is 1. The first kappa shape index (κ1) is 13.6. The Hall–Kier alpha value is -2.41. The highest BCUT2D eigenvalue weighted by Crippen LogP contribution is 2.25. The molecule has 1 aromatic carbocycles. The molecule has 1 aliphatic rings. The molecule has 0 unspecified atom stereocenters. The Morgan fingerprint density at radius 3 is 2.52 bits per heavy atom. The molecule has 2 aromatic rings. The Kier molecular flexibility index (Phi) is 3.13. The van der Waals surface area contributed by atoms with Crippen LogP contribution in [0.3, 0.4) is 0 Å². The first-order chi connectivity index (χ1) is 9.97. The van der Waals surface area contributed by atoms with Crippen LogP contribution in [-0.2, 0) is 0 Å². The van der Waals surface area contributed by atoms with Crippen molar-refractivity contribution in [2.24, 2.45) is 0 Å². The van der Waals surface area contributed by atoms with Gasteiger partial charge in [0.05, 0.1) is 11.1 Å². The van der Waals surface area contributed by atoms with E-state index in [1.807, 2.05) is 0 Å². The van der Waals surface area contributed by atoms with Crippen molar-refractivity contribution in [3.8, 4) is 0 Å². The Labute approximate surface area is 127 Å². The number of anilines is 1. The number of furan rings is 1. The van der Waals surface area contributed by atoms with E-state index < -0.39 is 5.91 Å². The van der Waals surface area contributed by atoms with Crippen LogP contribution >= 0.6 is 15.9 Å². The second-order valence-electron chi connectivity index (χ2n) is 4.49. The topological polar surface area (TPSA) is 79.6 Å². The fourth-order valence-electron chi connectivity index (χ4n) is 2.07. The van der Waals surface area contributed by atoms with Gasteiger partial charge < -0.3 is 9.73 Å². The normalized spacial score (nSPS) is 13.5. The maximum absolute atomic E-state index is 11.9. The highest BCUT2D eigenvalue weighted by atomic mass is 79.9. The number of carbonyl (C=O) groups is 3. The second-order valence-corrected chi connectivity index (χ2v) is 5.27. The van der Waals surface area contributed by atoms with Crippen LogP contribution in [0.25, 0.3) is 0 Å². The Morgan fingerprint density at radius 2 is 1.86 bits per heavy atom. The van der Waals surface area contributed by atoms with Gasteiger partial charge in [-0.15, -0.1) is 0 Å². The summed E-state index contributed by atoms with van der Waals surface area (Å²) in [5.74, 6) is -1.03. The summed E-state index contributed by atoms with van der Waals surface area (Å²) in [5, 5.41) is 2.62. The van der Waals surface area contributed by atoms with Crippen molar-refractivity contribution in [3.63, 3.8) is 0 Å². The van der Waals surface area contributed by atoms with Gasteiger partial charge in [-0.05, 0) is 46.3 Å². The Bertz CT molecular complexity index is 781. The molecule has 3 amide bonds.